The molecule has 0 saturated carbocycles. The lowest BCUT2D eigenvalue weighted by Gasteiger charge is -2.38. The lowest BCUT2D eigenvalue weighted by Crippen LogP contribution is -2.45. The lowest BCUT2D eigenvalue weighted by atomic mass is 9.74. The molecule has 0 spiro atoms. The quantitative estimate of drug-likeness (QED) is 0.145. The van der Waals surface area contributed by atoms with Gasteiger partial charge < -0.3 is 11.1 Å². The summed E-state index contributed by atoms with van der Waals surface area (Å²) in [6.07, 6.45) is -4.98. The molecule has 43 heavy (non-hydrogen) atoms. The van der Waals surface area contributed by atoms with Crippen molar-refractivity contribution in [2.24, 2.45) is 11.7 Å². The Balaban J connectivity index is 1.68. The molecular formula is C32H31F4N5O2. The first kappa shape index (κ1) is 30.1. The van der Waals surface area contributed by atoms with E-state index in [1.807, 2.05) is 30.3 Å². The van der Waals surface area contributed by atoms with Gasteiger partial charge in [0.05, 0.1) is 22.9 Å². The van der Waals surface area contributed by atoms with Crippen molar-refractivity contribution in [3.8, 4) is 5.69 Å². The number of ketones is 1. The number of alkyl halides is 3. The van der Waals surface area contributed by atoms with E-state index in [2.05, 4.69) is 5.32 Å². The van der Waals surface area contributed by atoms with Crippen molar-refractivity contribution in [3.05, 3.63) is 113 Å². The van der Waals surface area contributed by atoms with Crippen molar-refractivity contribution in [2.75, 3.05) is 24.5 Å². The summed E-state index contributed by atoms with van der Waals surface area (Å²) >= 11 is 0. The molecule has 2 atom stereocenters. The van der Waals surface area contributed by atoms with E-state index in [1.165, 1.54) is 24.3 Å². The first-order valence-corrected chi connectivity index (χ1v) is 14.0. The average Bonchev–Trinajstić information content (AvgIpc) is 3.37. The highest BCUT2D eigenvalue weighted by Crippen LogP contribution is 2.47. The zero-order valence-corrected chi connectivity index (χ0v) is 23.4. The molecule has 11 heteroatoms. The molecule has 0 unspecified atom stereocenters. The van der Waals surface area contributed by atoms with Crippen LogP contribution in [0.4, 0.5) is 23.4 Å². The van der Waals surface area contributed by atoms with Crippen LogP contribution in [0.15, 0.2) is 78.9 Å². The standard InChI is InChI=1S/C32H31F4N5O2/c1-2-40-30-29(26(19-38-16-15-37)39-41(30)24-9-4-3-5-10-24)28(20-11-13-23(33)14-12-20)25(31(40)43)18-27(42)21-7-6-8-22(17-21)32(34,35)36/h3-14,17,25,28,38H,2,15-16,18-19,37H2,1H3/t25-,28+/m0/s1. The number of amides is 1. The van der Waals surface area contributed by atoms with Gasteiger partial charge in [0.25, 0.3) is 0 Å². The van der Waals surface area contributed by atoms with Gasteiger partial charge in [0.15, 0.2) is 5.78 Å². The fraction of sp³-hybridized carbons (Fsp3) is 0.281. The van der Waals surface area contributed by atoms with Crippen LogP contribution in [0.2, 0.25) is 0 Å². The highest BCUT2D eigenvalue weighted by atomic mass is 19.4. The fourth-order valence-electron chi connectivity index (χ4n) is 5.65. The summed E-state index contributed by atoms with van der Waals surface area (Å²) in [6.45, 7) is 3.25. The van der Waals surface area contributed by atoms with Crippen LogP contribution < -0.4 is 16.0 Å². The molecule has 7 nitrogen and oxygen atoms in total. The van der Waals surface area contributed by atoms with Crippen molar-refractivity contribution in [1.82, 2.24) is 15.1 Å². The van der Waals surface area contributed by atoms with Gasteiger partial charge in [-0.2, -0.15) is 18.3 Å². The van der Waals surface area contributed by atoms with Gasteiger partial charge in [-0.3, -0.25) is 14.5 Å². The number of hydrogen-bond donors (Lipinski definition) is 2. The Morgan fingerprint density at radius 3 is 2.40 bits per heavy atom. The molecular weight excluding hydrogens is 562 g/mol. The number of hydrogen-bond acceptors (Lipinski definition) is 5. The third-order valence-electron chi connectivity index (χ3n) is 7.60. The Morgan fingerprint density at radius 2 is 1.74 bits per heavy atom. The number of nitrogens with two attached hydrogens (primary N) is 1. The molecule has 1 aliphatic heterocycles. The van der Waals surface area contributed by atoms with Gasteiger partial charge in [-0.05, 0) is 48.9 Å². The van der Waals surface area contributed by atoms with Crippen LogP contribution in [0.25, 0.3) is 5.69 Å². The molecule has 0 radical (unpaired) electrons. The number of rotatable bonds is 10. The Labute approximate surface area is 246 Å². The Bertz CT molecular complexity index is 1600. The molecule has 0 aliphatic carbocycles. The summed E-state index contributed by atoms with van der Waals surface area (Å²) in [5.74, 6) is -2.63. The normalized spacial score (nSPS) is 16.8. The van der Waals surface area contributed by atoms with Crippen LogP contribution in [0.1, 0.15) is 52.0 Å². The minimum absolute atomic E-state index is 0.140. The second-order valence-electron chi connectivity index (χ2n) is 10.3. The molecule has 1 amide bonds. The number of fused-ring (bicyclic) bond motifs is 1. The number of halogens is 4. The first-order valence-electron chi connectivity index (χ1n) is 14.0. The maximum absolute atomic E-state index is 14.3. The van der Waals surface area contributed by atoms with Crippen LogP contribution in [0.3, 0.4) is 0 Å². The second-order valence-corrected chi connectivity index (χ2v) is 10.3. The van der Waals surface area contributed by atoms with E-state index in [-0.39, 0.29) is 24.4 Å². The summed E-state index contributed by atoms with van der Waals surface area (Å²) in [7, 11) is 0. The van der Waals surface area contributed by atoms with Gasteiger partial charge in [0, 0.05) is 49.6 Å². The van der Waals surface area contributed by atoms with Crippen molar-refractivity contribution in [3.63, 3.8) is 0 Å². The number of anilines is 1. The van der Waals surface area contributed by atoms with Gasteiger partial charge >= 0.3 is 6.18 Å². The molecule has 1 aliphatic rings. The van der Waals surface area contributed by atoms with Crippen LogP contribution in [0, 0.1) is 11.7 Å². The summed E-state index contributed by atoms with van der Waals surface area (Å²) < 4.78 is 56.0. The van der Waals surface area contributed by atoms with Crippen LogP contribution in [-0.2, 0) is 17.5 Å². The average molecular weight is 594 g/mol. The molecule has 0 saturated heterocycles. The second kappa shape index (κ2) is 12.5. The molecule has 1 aromatic heterocycles. The number of aromatic nitrogens is 2. The number of nitrogens with zero attached hydrogens (tertiary/aromatic N) is 3. The Kier molecular flexibility index (Phi) is 8.74. The number of benzene rings is 3. The molecule has 2 heterocycles. The molecule has 4 aromatic rings. The van der Waals surface area contributed by atoms with Gasteiger partial charge in [0.1, 0.15) is 11.6 Å². The molecule has 0 bridgehead atoms. The highest BCUT2D eigenvalue weighted by molar-refractivity contribution is 6.04. The first-order chi connectivity index (χ1) is 20.6. The Morgan fingerprint density at radius 1 is 1.02 bits per heavy atom. The Hall–Kier alpha value is -4.35. The molecule has 3 N–H and O–H groups in total. The number of Topliss-reactive ketones (excluding diaryl/α,β-unsaturated/α-hetero) is 1. The fourth-order valence-corrected chi connectivity index (χ4v) is 5.65. The van der Waals surface area contributed by atoms with E-state index < -0.39 is 35.2 Å². The summed E-state index contributed by atoms with van der Waals surface area (Å²) in [5, 5.41) is 8.16. The van der Waals surface area contributed by atoms with Crippen LogP contribution in [0.5, 0.6) is 0 Å². The van der Waals surface area contributed by atoms with Gasteiger partial charge in [-0.1, -0.05) is 42.5 Å². The lowest BCUT2D eigenvalue weighted by molar-refractivity contribution is -0.137. The predicted molar refractivity (Wildman–Crippen MR) is 154 cm³/mol. The van der Waals surface area contributed by atoms with Gasteiger partial charge in [0.2, 0.25) is 5.91 Å². The van der Waals surface area contributed by atoms with Crippen molar-refractivity contribution in [1.29, 1.82) is 0 Å². The van der Waals surface area contributed by atoms with E-state index >= 15 is 0 Å². The number of carbonyl (C=O) groups excluding carboxylic acids is 2. The van der Waals surface area contributed by atoms with Crippen molar-refractivity contribution < 1.29 is 27.2 Å². The minimum Gasteiger partial charge on any atom is -0.329 e. The highest BCUT2D eigenvalue weighted by Gasteiger charge is 2.46. The van der Waals surface area contributed by atoms with E-state index in [9.17, 15) is 27.2 Å². The van der Waals surface area contributed by atoms with E-state index in [0.29, 0.717) is 48.0 Å². The number of nitrogens with one attached hydrogen (secondary N) is 1. The summed E-state index contributed by atoms with van der Waals surface area (Å²) in [5.41, 5.74) is 7.22. The van der Waals surface area contributed by atoms with Crippen molar-refractivity contribution >= 4 is 17.5 Å². The van der Waals surface area contributed by atoms with Crippen LogP contribution >= 0.6 is 0 Å². The maximum atomic E-state index is 14.3. The third-order valence-corrected chi connectivity index (χ3v) is 7.60. The zero-order valence-electron chi connectivity index (χ0n) is 23.4. The third kappa shape index (κ3) is 6.09. The zero-order chi connectivity index (χ0) is 30.7. The molecule has 5 rings (SSSR count). The maximum Gasteiger partial charge on any atom is 0.416 e. The smallest absolute Gasteiger partial charge is 0.329 e. The molecule has 0 fully saturated rings. The minimum atomic E-state index is -4.63. The topological polar surface area (TPSA) is 93.2 Å². The molecule has 3 aromatic carbocycles. The summed E-state index contributed by atoms with van der Waals surface area (Å²) in [4.78, 5) is 29.4. The number of para-hydroxylation sites is 1. The van der Waals surface area contributed by atoms with E-state index in [4.69, 9.17) is 10.8 Å². The van der Waals surface area contributed by atoms with Crippen LogP contribution in [-0.4, -0.2) is 41.1 Å². The monoisotopic (exact) mass is 593 g/mol. The van der Waals surface area contributed by atoms with Gasteiger partial charge in [-0.15, -0.1) is 0 Å². The van der Waals surface area contributed by atoms with E-state index in [0.717, 1.165) is 12.1 Å². The SMILES string of the molecule is CCN1C(=O)[C@@H](CC(=O)c2cccc(C(F)(F)F)c2)[C@@H](c2ccc(F)cc2)c2c(CNCCN)nn(-c3ccccc3)c21. The number of carbonyl (C=O) groups is 2. The summed E-state index contributed by atoms with van der Waals surface area (Å²) in [6, 6.07) is 19.2. The predicted octanol–water partition coefficient (Wildman–Crippen LogP) is 5.47. The molecule has 224 valence electrons. The van der Waals surface area contributed by atoms with Gasteiger partial charge in [-0.25, -0.2) is 9.07 Å². The largest absolute Gasteiger partial charge is 0.416 e. The van der Waals surface area contributed by atoms with Crippen molar-refractivity contribution in [2.45, 2.75) is 32.0 Å². The van der Waals surface area contributed by atoms with E-state index in [1.54, 1.807) is 28.6 Å².